The second-order valence-electron chi connectivity index (χ2n) is 5.10. The van der Waals surface area contributed by atoms with Gasteiger partial charge in [-0.25, -0.2) is 0 Å². The highest BCUT2D eigenvalue weighted by Gasteiger charge is 2.16. The molecule has 0 atom stereocenters. The van der Waals surface area contributed by atoms with Gasteiger partial charge >= 0.3 is 0 Å². The van der Waals surface area contributed by atoms with Crippen LogP contribution in [0.25, 0.3) is 0 Å². The molecule has 1 heterocycles. The maximum absolute atomic E-state index is 5.05. The SMILES string of the molecule is CCC1CCN(CCCCCCOC)CC1. The third kappa shape index (κ3) is 5.86. The fourth-order valence-corrected chi connectivity index (χ4v) is 2.55. The summed E-state index contributed by atoms with van der Waals surface area (Å²) in [6.07, 6.45) is 9.55. The van der Waals surface area contributed by atoms with Gasteiger partial charge in [-0.1, -0.05) is 26.2 Å². The third-order valence-corrected chi connectivity index (χ3v) is 3.86. The van der Waals surface area contributed by atoms with E-state index in [1.165, 1.54) is 64.6 Å². The topological polar surface area (TPSA) is 12.5 Å². The Bertz CT molecular complexity index is 153. The summed E-state index contributed by atoms with van der Waals surface area (Å²) < 4.78 is 5.05. The average molecular weight is 227 g/mol. The fourth-order valence-electron chi connectivity index (χ4n) is 2.55. The fraction of sp³-hybridized carbons (Fsp3) is 1.00. The lowest BCUT2D eigenvalue weighted by Gasteiger charge is -2.31. The minimum Gasteiger partial charge on any atom is -0.385 e. The lowest BCUT2D eigenvalue weighted by atomic mass is 9.94. The molecule has 0 aromatic heterocycles. The third-order valence-electron chi connectivity index (χ3n) is 3.86. The van der Waals surface area contributed by atoms with Crippen LogP contribution in [-0.4, -0.2) is 38.3 Å². The molecule has 16 heavy (non-hydrogen) atoms. The van der Waals surface area contributed by atoms with E-state index in [2.05, 4.69) is 11.8 Å². The second-order valence-corrected chi connectivity index (χ2v) is 5.10. The molecule has 1 fully saturated rings. The first-order valence-electron chi connectivity index (χ1n) is 7.08. The molecule has 0 aromatic carbocycles. The van der Waals surface area contributed by atoms with Crippen molar-refractivity contribution in [2.75, 3.05) is 33.4 Å². The predicted octanol–water partition coefficient (Wildman–Crippen LogP) is 3.32. The van der Waals surface area contributed by atoms with Crippen LogP contribution in [0.4, 0.5) is 0 Å². The molecule has 0 bridgehead atoms. The van der Waals surface area contributed by atoms with Gasteiger partial charge < -0.3 is 9.64 Å². The van der Waals surface area contributed by atoms with Gasteiger partial charge in [-0.3, -0.25) is 0 Å². The standard InChI is InChI=1S/C14H29NO/c1-3-14-8-11-15(12-9-14)10-6-4-5-7-13-16-2/h14H,3-13H2,1-2H3. The van der Waals surface area contributed by atoms with Gasteiger partial charge in [-0.15, -0.1) is 0 Å². The van der Waals surface area contributed by atoms with Crippen LogP contribution >= 0.6 is 0 Å². The van der Waals surface area contributed by atoms with Gasteiger partial charge in [0.1, 0.15) is 0 Å². The first kappa shape index (κ1) is 14.0. The van der Waals surface area contributed by atoms with E-state index in [1.54, 1.807) is 7.11 Å². The molecule has 0 aromatic rings. The van der Waals surface area contributed by atoms with Gasteiger partial charge in [0.15, 0.2) is 0 Å². The van der Waals surface area contributed by atoms with E-state index in [0.717, 1.165) is 12.5 Å². The normalized spacial score (nSPS) is 19.1. The van der Waals surface area contributed by atoms with Crippen molar-refractivity contribution in [2.24, 2.45) is 5.92 Å². The largest absolute Gasteiger partial charge is 0.385 e. The minimum absolute atomic E-state index is 0.932. The number of nitrogens with zero attached hydrogens (tertiary/aromatic N) is 1. The molecule has 1 saturated heterocycles. The monoisotopic (exact) mass is 227 g/mol. The van der Waals surface area contributed by atoms with E-state index < -0.39 is 0 Å². The van der Waals surface area contributed by atoms with Crippen molar-refractivity contribution in [3.8, 4) is 0 Å². The molecule has 1 aliphatic heterocycles. The van der Waals surface area contributed by atoms with Crippen molar-refractivity contribution in [2.45, 2.75) is 51.9 Å². The van der Waals surface area contributed by atoms with E-state index in [1.807, 2.05) is 0 Å². The van der Waals surface area contributed by atoms with Crippen LogP contribution in [0.2, 0.25) is 0 Å². The van der Waals surface area contributed by atoms with Gasteiger partial charge in [-0.05, 0) is 51.2 Å². The van der Waals surface area contributed by atoms with E-state index in [9.17, 15) is 0 Å². The van der Waals surface area contributed by atoms with Gasteiger partial charge in [0.2, 0.25) is 0 Å². The molecule has 0 unspecified atom stereocenters. The van der Waals surface area contributed by atoms with E-state index in [0.29, 0.717) is 0 Å². The average Bonchev–Trinajstić information content (AvgIpc) is 2.34. The molecule has 0 spiro atoms. The number of likely N-dealkylation sites (tertiary alicyclic amines) is 1. The summed E-state index contributed by atoms with van der Waals surface area (Å²) in [4.78, 5) is 2.66. The number of hydrogen-bond acceptors (Lipinski definition) is 2. The lowest BCUT2D eigenvalue weighted by molar-refractivity contribution is 0.175. The zero-order valence-corrected chi connectivity index (χ0v) is 11.2. The summed E-state index contributed by atoms with van der Waals surface area (Å²) in [5, 5.41) is 0. The van der Waals surface area contributed by atoms with E-state index >= 15 is 0 Å². The number of methoxy groups -OCH3 is 1. The summed E-state index contributed by atoms with van der Waals surface area (Å²) in [5.74, 6) is 1.01. The molecule has 1 aliphatic rings. The van der Waals surface area contributed by atoms with Crippen LogP contribution in [-0.2, 0) is 4.74 Å². The summed E-state index contributed by atoms with van der Waals surface area (Å²) in [6, 6.07) is 0. The number of hydrogen-bond donors (Lipinski definition) is 0. The highest BCUT2D eigenvalue weighted by Crippen LogP contribution is 2.20. The summed E-state index contributed by atoms with van der Waals surface area (Å²) >= 11 is 0. The Balaban J connectivity index is 1.90. The van der Waals surface area contributed by atoms with E-state index in [4.69, 9.17) is 4.74 Å². The Morgan fingerprint density at radius 3 is 2.38 bits per heavy atom. The predicted molar refractivity (Wildman–Crippen MR) is 69.8 cm³/mol. The molecule has 0 radical (unpaired) electrons. The Kier molecular flexibility index (Phi) is 7.87. The Labute approximate surface area is 101 Å². The van der Waals surface area contributed by atoms with Gasteiger partial charge in [0.25, 0.3) is 0 Å². The van der Waals surface area contributed by atoms with Crippen LogP contribution in [0.1, 0.15) is 51.9 Å². The van der Waals surface area contributed by atoms with Crippen molar-refractivity contribution in [3.05, 3.63) is 0 Å². The van der Waals surface area contributed by atoms with Gasteiger partial charge in [-0.2, -0.15) is 0 Å². The highest BCUT2D eigenvalue weighted by atomic mass is 16.5. The molecule has 0 amide bonds. The molecule has 1 rings (SSSR count). The maximum atomic E-state index is 5.05. The first-order valence-corrected chi connectivity index (χ1v) is 7.08. The van der Waals surface area contributed by atoms with Crippen molar-refractivity contribution in [3.63, 3.8) is 0 Å². The molecule has 96 valence electrons. The molecule has 0 N–H and O–H groups in total. The Morgan fingerprint density at radius 2 is 1.75 bits per heavy atom. The minimum atomic E-state index is 0.932. The second kappa shape index (κ2) is 9.00. The zero-order chi connectivity index (χ0) is 11.6. The quantitative estimate of drug-likeness (QED) is 0.590. The first-order chi connectivity index (χ1) is 7.86. The van der Waals surface area contributed by atoms with Gasteiger partial charge in [0, 0.05) is 13.7 Å². The summed E-state index contributed by atoms with van der Waals surface area (Å²) in [7, 11) is 1.79. The van der Waals surface area contributed by atoms with Crippen LogP contribution in [0.15, 0.2) is 0 Å². The number of piperidine rings is 1. The number of unbranched alkanes of at least 4 members (excludes halogenated alkanes) is 3. The number of rotatable bonds is 8. The maximum Gasteiger partial charge on any atom is 0.0462 e. The van der Waals surface area contributed by atoms with Crippen LogP contribution in [0, 0.1) is 5.92 Å². The van der Waals surface area contributed by atoms with Crippen LogP contribution in [0.3, 0.4) is 0 Å². The molecule has 2 heteroatoms. The highest BCUT2D eigenvalue weighted by molar-refractivity contribution is 4.71. The number of ether oxygens (including phenoxy) is 1. The molecule has 2 nitrogen and oxygen atoms in total. The Morgan fingerprint density at radius 1 is 1.06 bits per heavy atom. The van der Waals surface area contributed by atoms with E-state index in [-0.39, 0.29) is 0 Å². The van der Waals surface area contributed by atoms with Crippen molar-refractivity contribution in [1.82, 2.24) is 4.90 Å². The Hall–Kier alpha value is -0.0800. The van der Waals surface area contributed by atoms with Crippen molar-refractivity contribution < 1.29 is 4.74 Å². The van der Waals surface area contributed by atoms with Gasteiger partial charge in [0.05, 0.1) is 0 Å². The lowest BCUT2D eigenvalue weighted by Crippen LogP contribution is -2.34. The molecule has 0 aliphatic carbocycles. The summed E-state index contributed by atoms with van der Waals surface area (Å²) in [5.41, 5.74) is 0. The molecular formula is C14H29NO. The summed E-state index contributed by atoms with van der Waals surface area (Å²) in [6.45, 7) is 7.27. The van der Waals surface area contributed by atoms with Crippen LogP contribution in [0.5, 0.6) is 0 Å². The van der Waals surface area contributed by atoms with Crippen molar-refractivity contribution >= 4 is 0 Å². The molecular weight excluding hydrogens is 198 g/mol. The molecule has 0 saturated carbocycles. The van der Waals surface area contributed by atoms with Crippen LogP contribution < -0.4 is 0 Å². The smallest absolute Gasteiger partial charge is 0.0462 e. The zero-order valence-electron chi connectivity index (χ0n) is 11.2. The van der Waals surface area contributed by atoms with Crippen molar-refractivity contribution in [1.29, 1.82) is 0 Å².